The van der Waals surface area contributed by atoms with Crippen molar-refractivity contribution in [2.45, 2.75) is 12.1 Å². The van der Waals surface area contributed by atoms with Crippen molar-refractivity contribution in [2.24, 2.45) is 0 Å². The summed E-state index contributed by atoms with van der Waals surface area (Å²) in [5.74, 6) is 1.05. The van der Waals surface area contributed by atoms with Gasteiger partial charge in [-0.1, -0.05) is 36.4 Å². The minimum absolute atomic E-state index is 0.0336. The lowest BCUT2D eigenvalue weighted by molar-refractivity contribution is 0.0998. The van der Waals surface area contributed by atoms with Crippen LogP contribution in [0.2, 0.25) is 0 Å². The van der Waals surface area contributed by atoms with Crippen molar-refractivity contribution in [3.8, 4) is 5.75 Å². The first-order valence-electron chi connectivity index (χ1n) is 6.37. The molecule has 1 saturated heterocycles. The number of benzene rings is 2. The molecule has 0 bridgehead atoms. The molecule has 0 spiro atoms. The van der Waals surface area contributed by atoms with E-state index in [9.17, 15) is 4.79 Å². The van der Waals surface area contributed by atoms with Crippen LogP contribution in [0.1, 0.15) is 22.0 Å². The number of anilines is 1. The van der Waals surface area contributed by atoms with Crippen LogP contribution in [0.15, 0.2) is 48.5 Å². The Bertz CT molecular complexity index is 680. The number of carbonyl (C=O) groups is 1. The second kappa shape index (κ2) is 3.60. The summed E-state index contributed by atoms with van der Waals surface area (Å²) < 4.78 is 5.38. The van der Waals surface area contributed by atoms with Crippen molar-refractivity contribution in [2.75, 3.05) is 12.0 Å². The number of ether oxygens (including phenoxy) is 1. The maximum Gasteiger partial charge on any atom is 0.188 e. The van der Waals surface area contributed by atoms with Gasteiger partial charge in [-0.2, -0.15) is 0 Å². The summed E-state index contributed by atoms with van der Waals surface area (Å²) in [6.07, 6.45) is 0. The number of methoxy groups -OCH3 is 1. The Kier molecular flexibility index (Phi) is 2.01. The number of rotatable bonds is 2. The average Bonchev–Trinajstić information content (AvgIpc) is 3.14. The molecular formula is C16H13NO2. The van der Waals surface area contributed by atoms with Crippen molar-refractivity contribution < 1.29 is 9.53 Å². The summed E-state index contributed by atoms with van der Waals surface area (Å²) in [7, 11) is 1.66. The highest BCUT2D eigenvalue weighted by atomic mass is 16.5. The smallest absolute Gasteiger partial charge is 0.188 e. The molecule has 2 aromatic rings. The highest BCUT2D eigenvalue weighted by molar-refractivity contribution is 6.12. The van der Waals surface area contributed by atoms with Gasteiger partial charge in [0.25, 0.3) is 0 Å². The molecule has 2 atom stereocenters. The van der Waals surface area contributed by atoms with E-state index in [0.717, 1.165) is 22.6 Å². The first-order chi connectivity index (χ1) is 9.33. The summed E-state index contributed by atoms with van der Waals surface area (Å²) >= 11 is 0. The number of hydrogen-bond donors (Lipinski definition) is 0. The largest absolute Gasteiger partial charge is 0.495 e. The number of hydrogen-bond acceptors (Lipinski definition) is 3. The average molecular weight is 251 g/mol. The molecule has 0 radical (unpaired) electrons. The van der Waals surface area contributed by atoms with Crippen LogP contribution in [0, 0.1) is 0 Å². The zero-order chi connectivity index (χ0) is 13.0. The second-order valence-electron chi connectivity index (χ2n) is 4.92. The molecule has 1 aliphatic heterocycles. The fourth-order valence-electron chi connectivity index (χ4n) is 3.10. The third kappa shape index (κ3) is 1.30. The molecule has 2 aromatic carbocycles. The SMILES string of the molecule is COc1ccccc1N1C2C(=O)c3ccccc3C21. The number of carbonyl (C=O) groups excluding carboxylic acids is 1. The van der Waals surface area contributed by atoms with Gasteiger partial charge >= 0.3 is 0 Å². The van der Waals surface area contributed by atoms with E-state index < -0.39 is 0 Å². The maximum absolute atomic E-state index is 12.3. The van der Waals surface area contributed by atoms with Gasteiger partial charge in [0.05, 0.1) is 18.8 Å². The number of nitrogens with zero attached hydrogens (tertiary/aromatic N) is 1. The number of fused-ring (bicyclic) bond motifs is 3. The van der Waals surface area contributed by atoms with Gasteiger partial charge in [0.15, 0.2) is 5.78 Å². The molecule has 2 unspecified atom stereocenters. The van der Waals surface area contributed by atoms with Gasteiger partial charge in [0, 0.05) is 5.56 Å². The molecular weight excluding hydrogens is 238 g/mol. The number of Topliss-reactive ketones (excluding diaryl/α,β-unsaturated/α-hetero) is 1. The predicted molar refractivity (Wildman–Crippen MR) is 72.8 cm³/mol. The molecule has 2 aliphatic rings. The minimum atomic E-state index is -0.0336. The highest BCUT2D eigenvalue weighted by Crippen LogP contribution is 2.55. The monoisotopic (exact) mass is 251 g/mol. The van der Waals surface area contributed by atoms with E-state index in [1.54, 1.807) is 7.11 Å². The molecule has 0 saturated carbocycles. The van der Waals surface area contributed by atoms with Crippen LogP contribution in [0.5, 0.6) is 5.75 Å². The molecule has 0 amide bonds. The Labute approximate surface area is 111 Å². The zero-order valence-corrected chi connectivity index (χ0v) is 10.5. The molecule has 19 heavy (non-hydrogen) atoms. The third-order valence-electron chi connectivity index (χ3n) is 3.99. The van der Waals surface area contributed by atoms with Crippen LogP contribution in [0.3, 0.4) is 0 Å². The van der Waals surface area contributed by atoms with Crippen molar-refractivity contribution in [3.63, 3.8) is 0 Å². The summed E-state index contributed by atoms with van der Waals surface area (Å²) in [6.45, 7) is 0. The Balaban J connectivity index is 1.78. The molecule has 4 rings (SSSR count). The van der Waals surface area contributed by atoms with Gasteiger partial charge < -0.3 is 9.64 Å². The van der Waals surface area contributed by atoms with E-state index in [0.29, 0.717) is 0 Å². The molecule has 0 N–H and O–H groups in total. The summed E-state index contributed by atoms with van der Waals surface area (Å²) in [6, 6.07) is 15.9. The lowest BCUT2D eigenvalue weighted by Crippen LogP contribution is -2.13. The van der Waals surface area contributed by atoms with Gasteiger partial charge in [0.1, 0.15) is 11.8 Å². The normalized spacial score (nSPS) is 23.0. The molecule has 0 aromatic heterocycles. The Morgan fingerprint density at radius 2 is 1.74 bits per heavy atom. The lowest BCUT2D eigenvalue weighted by Gasteiger charge is -2.14. The fourth-order valence-corrected chi connectivity index (χ4v) is 3.10. The molecule has 94 valence electrons. The quantitative estimate of drug-likeness (QED) is 0.769. The Morgan fingerprint density at radius 1 is 1.00 bits per heavy atom. The van der Waals surface area contributed by atoms with Gasteiger partial charge in [-0.05, 0) is 17.7 Å². The van der Waals surface area contributed by atoms with E-state index in [-0.39, 0.29) is 17.9 Å². The van der Waals surface area contributed by atoms with E-state index in [1.165, 1.54) is 0 Å². The lowest BCUT2D eigenvalue weighted by atomic mass is 10.1. The minimum Gasteiger partial charge on any atom is -0.495 e. The third-order valence-corrected chi connectivity index (χ3v) is 3.99. The molecule has 3 heteroatoms. The molecule has 1 aliphatic carbocycles. The fraction of sp³-hybridized carbons (Fsp3) is 0.188. The van der Waals surface area contributed by atoms with Crippen LogP contribution >= 0.6 is 0 Å². The number of para-hydroxylation sites is 2. The first kappa shape index (κ1) is 10.6. The summed E-state index contributed by atoms with van der Waals surface area (Å²) in [5.41, 5.74) is 3.02. The predicted octanol–water partition coefficient (Wildman–Crippen LogP) is 2.82. The second-order valence-corrected chi connectivity index (χ2v) is 4.92. The standard InChI is InChI=1S/C16H13NO2/c1-19-13-9-5-4-8-12(13)17-14-10-6-2-3-7-11(10)16(18)15(14)17/h2-9,14-15H,1H3. The highest BCUT2D eigenvalue weighted by Gasteiger charge is 2.60. The Hall–Kier alpha value is -2.29. The van der Waals surface area contributed by atoms with E-state index in [2.05, 4.69) is 4.90 Å². The van der Waals surface area contributed by atoms with Crippen LogP contribution < -0.4 is 9.64 Å². The van der Waals surface area contributed by atoms with Gasteiger partial charge in [-0.15, -0.1) is 0 Å². The molecule has 1 heterocycles. The van der Waals surface area contributed by atoms with Gasteiger partial charge in [-0.25, -0.2) is 0 Å². The van der Waals surface area contributed by atoms with Crippen LogP contribution in [-0.4, -0.2) is 18.9 Å². The Morgan fingerprint density at radius 3 is 2.58 bits per heavy atom. The summed E-state index contributed by atoms with van der Waals surface area (Å²) in [5, 5.41) is 0. The van der Waals surface area contributed by atoms with Crippen molar-refractivity contribution >= 4 is 11.5 Å². The van der Waals surface area contributed by atoms with Crippen LogP contribution in [0.25, 0.3) is 0 Å². The van der Waals surface area contributed by atoms with Crippen LogP contribution in [-0.2, 0) is 0 Å². The van der Waals surface area contributed by atoms with E-state index >= 15 is 0 Å². The van der Waals surface area contributed by atoms with Crippen LogP contribution in [0.4, 0.5) is 5.69 Å². The first-order valence-corrected chi connectivity index (χ1v) is 6.37. The van der Waals surface area contributed by atoms with Crippen molar-refractivity contribution in [1.82, 2.24) is 0 Å². The topological polar surface area (TPSA) is 29.3 Å². The summed E-state index contributed by atoms with van der Waals surface area (Å²) in [4.78, 5) is 14.5. The van der Waals surface area contributed by atoms with E-state index in [4.69, 9.17) is 4.74 Å². The number of ketones is 1. The molecule has 3 nitrogen and oxygen atoms in total. The molecule has 1 fully saturated rings. The van der Waals surface area contributed by atoms with Crippen molar-refractivity contribution in [1.29, 1.82) is 0 Å². The van der Waals surface area contributed by atoms with Gasteiger partial charge in [0.2, 0.25) is 0 Å². The van der Waals surface area contributed by atoms with Crippen molar-refractivity contribution in [3.05, 3.63) is 59.7 Å². The maximum atomic E-state index is 12.3. The van der Waals surface area contributed by atoms with Gasteiger partial charge in [-0.3, -0.25) is 4.79 Å². The van der Waals surface area contributed by atoms with E-state index in [1.807, 2.05) is 48.5 Å². The zero-order valence-electron chi connectivity index (χ0n) is 10.5.